The number of amides is 1. The topological polar surface area (TPSA) is 55.1 Å². The van der Waals surface area contributed by atoms with Crippen LogP contribution in [0, 0.1) is 13.8 Å². The Hall–Kier alpha value is -1.35. The van der Waals surface area contributed by atoms with Crippen molar-refractivity contribution in [1.82, 2.24) is 5.32 Å². The van der Waals surface area contributed by atoms with Gasteiger partial charge in [0.05, 0.1) is 0 Å². The highest BCUT2D eigenvalue weighted by molar-refractivity contribution is 5.76. The largest absolute Gasteiger partial charge is 0.352 e. The summed E-state index contributed by atoms with van der Waals surface area (Å²) in [6.45, 7) is 6.55. The minimum Gasteiger partial charge on any atom is -0.352 e. The summed E-state index contributed by atoms with van der Waals surface area (Å²) < 4.78 is 0. The van der Waals surface area contributed by atoms with E-state index in [-0.39, 0.29) is 11.9 Å². The molecule has 0 spiro atoms. The second-order valence-electron chi connectivity index (χ2n) is 4.70. The van der Waals surface area contributed by atoms with E-state index in [2.05, 4.69) is 37.4 Å². The summed E-state index contributed by atoms with van der Waals surface area (Å²) in [5.41, 5.74) is 9.17. The Morgan fingerprint density at radius 1 is 1.29 bits per heavy atom. The van der Waals surface area contributed by atoms with Gasteiger partial charge in [0, 0.05) is 19.0 Å². The van der Waals surface area contributed by atoms with Crippen molar-refractivity contribution in [3.8, 4) is 0 Å². The third kappa shape index (κ3) is 5.00. The molecule has 1 rings (SSSR count). The number of rotatable bonds is 5. The van der Waals surface area contributed by atoms with E-state index in [9.17, 15) is 4.79 Å². The van der Waals surface area contributed by atoms with Gasteiger partial charge in [-0.1, -0.05) is 29.3 Å². The Morgan fingerprint density at radius 2 is 1.88 bits per heavy atom. The second-order valence-corrected chi connectivity index (χ2v) is 4.70. The second kappa shape index (κ2) is 6.40. The van der Waals surface area contributed by atoms with Crippen molar-refractivity contribution in [2.45, 2.75) is 39.7 Å². The zero-order valence-corrected chi connectivity index (χ0v) is 10.9. The number of aryl methyl sites for hydroxylation is 3. The van der Waals surface area contributed by atoms with Crippen LogP contribution in [-0.2, 0) is 11.2 Å². The standard InChI is InChI=1S/C14H22N2O/c1-10-6-11(2)8-13(7-10)4-5-14(17)16-12(3)9-15/h6-8,12H,4-5,9,15H2,1-3H3,(H,16,17). The summed E-state index contributed by atoms with van der Waals surface area (Å²) in [5.74, 6) is 0.0714. The molecule has 3 nitrogen and oxygen atoms in total. The number of carbonyl (C=O) groups is 1. The van der Waals surface area contributed by atoms with Gasteiger partial charge in [-0.15, -0.1) is 0 Å². The fraction of sp³-hybridized carbons (Fsp3) is 0.500. The highest BCUT2D eigenvalue weighted by Gasteiger charge is 2.06. The molecule has 1 atom stereocenters. The summed E-state index contributed by atoms with van der Waals surface area (Å²) in [6.07, 6.45) is 1.30. The van der Waals surface area contributed by atoms with Crippen molar-refractivity contribution in [3.05, 3.63) is 34.9 Å². The first-order valence-electron chi connectivity index (χ1n) is 6.08. The van der Waals surface area contributed by atoms with E-state index in [1.54, 1.807) is 0 Å². The van der Waals surface area contributed by atoms with Gasteiger partial charge in [0.1, 0.15) is 0 Å². The van der Waals surface area contributed by atoms with Crippen molar-refractivity contribution in [2.75, 3.05) is 6.54 Å². The Kier molecular flexibility index (Phi) is 5.16. The first kappa shape index (κ1) is 13.7. The third-order valence-electron chi connectivity index (χ3n) is 2.68. The maximum atomic E-state index is 11.6. The summed E-state index contributed by atoms with van der Waals surface area (Å²) in [6, 6.07) is 6.46. The quantitative estimate of drug-likeness (QED) is 0.814. The Labute approximate surface area is 103 Å². The molecule has 1 amide bonds. The van der Waals surface area contributed by atoms with Crippen molar-refractivity contribution < 1.29 is 4.79 Å². The van der Waals surface area contributed by atoms with Crippen molar-refractivity contribution in [3.63, 3.8) is 0 Å². The van der Waals surface area contributed by atoms with Crippen molar-refractivity contribution in [1.29, 1.82) is 0 Å². The smallest absolute Gasteiger partial charge is 0.220 e. The van der Waals surface area contributed by atoms with Gasteiger partial charge in [0.2, 0.25) is 5.91 Å². The Morgan fingerprint density at radius 3 is 2.41 bits per heavy atom. The number of hydrogen-bond donors (Lipinski definition) is 2. The van der Waals surface area contributed by atoms with Gasteiger partial charge in [0.25, 0.3) is 0 Å². The van der Waals surface area contributed by atoms with Crippen LogP contribution in [0.2, 0.25) is 0 Å². The number of nitrogens with one attached hydrogen (secondary N) is 1. The fourth-order valence-electron chi connectivity index (χ4n) is 1.88. The average molecular weight is 234 g/mol. The molecule has 1 aromatic rings. The summed E-state index contributed by atoms with van der Waals surface area (Å²) in [4.78, 5) is 11.6. The van der Waals surface area contributed by atoms with Crippen LogP contribution in [0.3, 0.4) is 0 Å². The fourth-order valence-corrected chi connectivity index (χ4v) is 1.88. The molecule has 0 radical (unpaired) electrons. The molecule has 94 valence electrons. The van der Waals surface area contributed by atoms with E-state index in [0.717, 1.165) is 6.42 Å². The lowest BCUT2D eigenvalue weighted by Crippen LogP contribution is -2.37. The molecular formula is C14H22N2O. The van der Waals surface area contributed by atoms with E-state index in [4.69, 9.17) is 5.73 Å². The molecule has 0 saturated heterocycles. The molecule has 0 fully saturated rings. The summed E-state index contributed by atoms with van der Waals surface area (Å²) in [5, 5.41) is 2.87. The van der Waals surface area contributed by atoms with Crippen LogP contribution in [0.5, 0.6) is 0 Å². The van der Waals surface area contributed by atoms with Crippen LogP contribution in [0.25, 0.3) is 0 Å². The zero-order valence-electron chi connectivity index (χ0n) is 10.9. The van der Waals surface area contributed by atoms with E-state index < -0.39 is 0 Å². The normalized spacial score (nSPS) is 12.2. The molecule has 0 heterocycles. The third-order valence-corrected chi connectivity index (χ3v) is 2.68. The molecule has 0 aliphatic rings. The van der Waals surface area contributed by atoms with Crippen LogP contribution < -0.4 is 11.1 Å². The van der Waals surface area contributed by atoms with Gasteiger partial charge >= 0.3 is 0 Å². The van der Waals surface area contributed by atoms with Crippen molar-refractivity contribution >= 4 is 5.91 Å². The van der Waals surface area contributed by atoms with Crippen LogP contribution in [-0.4, -0.2) is 18.5 Å². The Bertz CT molecular complexity index is 368. The number of hydrogen-bond acceptors (Lipinski definition) is 2. The summed E-state index contributed by atoms with van der Waals surface area (Å²) in [7, 11) is 0. The van der Waals surface area contributed by atoms with Crippen LogP contribution in [0.4, 0.5) is 0 Å². The maximum Gasteiger partial charge on any atom is 0.220 e. The molecule has 1 unspecified atom stereocenters. The van der Waals surface area contributed by atoms with Crippen LogP contribution >= 0.6 is 0 Å². The minimum absolute atomic E-state index is 0.0572. The van der Waals surface area contributed by atoms with Gasteiger partial charge in [-0.3, -0.25) is 4.79 Å². The lowest BCUT2D eigenvalue weighted by atomic mass is 10.0. The molecule has 3 heteroatoms. The Balaban J connectivity index is 2.47. The van der Waals surface area contributed by atoms with Gasteiger partial charge < -0.3 is 11.1 Å². The molecule has 3 N–H and O–H groups in total. The molecule has 0 bridgehead atoms. The highest BCUT2D eigenvalue weighted by Crippen LogP contribution is 2.10. The molecular weight excluding hydrogens is 212 g/mol. The summed E-state index contributed by atoms with van der Waals surface area (Å²) >= 11 is 0. The first-order valence-corrected chi connectivity index (χ1v) is 6.08. The van der Waals surface area contributed by atoms with E-state index in [0.29, 0.717) is 13.0 Å². The lowest BCUT2D eigenvalue weighted by Gasteiger charge is -2.11. The maximum absolute atomic E-state index is 11.6. The highest BCUT2D eigenvalue weighted by atomic mass is 16.1. The number of benzene rings is 1. The zero-order chi connectivity index (χ0) is 12.8. The van der Waals surface area contributed by atoms with Crippen LogP contribution in [0.15, 0.2) is 18.2 Å². The molecule has 0 aromatic heterocycles. The minimum atomic E-state index is 0.0572. The van der Waals surface area contributed by atoms with E-state index in [1.165, 1.54) is 16.7 Å². The van der Waals surface area contributed by atoms with E-state index in [1.807, 2.05) is 6.92 Å². The predicted molar refractivity (Wildman–Crippen MR) is 70.9 cm³/mol. The monoisotopic (exact) mass is 234 g/mol. The molecule has 0 saturated carbocycles. The van der Waals surface area contributed by atoms with Crippen molar-refractivity contribution in [2.24, 2.45) is 5.73 Å². The molecule has 17 heavy (non-hydrogen) atoms. The molecule has 0 aliphatic heterocycles. The van der Waals surface area contributed by atoms with Gasteiger partial charge in [-0.05, 0) is 32.8 Å². The predicted octanol–water partition coefficient (Wildman–Crippen LogP) is 1.70. The lowest BCUT2D eigenvalue weighted by molar-refractivity contribution is -0.121. The van der Waals surface area contributed by atoms with E-state index >= 15 is 0 Å². The van der Waals surface area contributed by atoms with Gasteiger partial charge in [0.15, 0.2) is 0 Å². The number of nitrogens with two attached hydrogens (primary N) is 1. The number of carbonyl (C=O) groups excluding carboxylic acids is 1. The first-order chi connectivity index (χ1) is 8.01. The molecule has 1 aromatic carbocycles. The van der Waals surface area contributed by atoms with Crippen LogP contribution in [0.1, 0.15) is 30.0 Å². The average Bonchev–Trinajstić information content (AvgIpc) is 2.25. The SMILES string of the molecule is Cc1cc(C)cc(CCC(=O)NC(C)CN)c1. The van der Waals surface area contributed by atoms with Gasteiger partial charge in [-0.2, -0.15) is 0 Å². The molecule has 0 aliphatic carbocycles. The van der Waals surface area contributed by atoms with Gasteiger partial charge in [-0.25, -0.2) is 0 Å².